The third-order valence-electron chi connectivity index (χ3n) is 3.76. The number of rotatable bonds is 6. The van der Waals surface area contributed by atoms with Crippen molar-refractivity contribution in [3.05, 3.63) is 60.8 Å². The lowest BCUT2D eigenvalue weighted by atomic mass is 10.2. The highest BCUT2D eigenvalue weighted by Gasteiger charge is 2.20. The number of halogens is 4. The molecule has 0 spiro atoms. The molecule has 0 amide bonds. The van der Waals surface area contributed by atoms with Gasteiger partial charge in [0.1, 0.15) is 12.8 Å². The van der Waals surface area contributed by atoms with Crippen molar-refractivity contribution in [1.29, 1.82) is 0 Å². The third kappa shape index (κ3) is 7.05. The van der Waals surface area contributed by atoms with Crippen LogP contribution in [0.15, 0.2) is 60.8 Å². The van der Waals surface area contributed by atoms with Crippen LogP contribution >= 0.6 is 0 Å². The first-order valence-electron chi connectivity index (χ1n) is 8.90. The van der Waals surface area contributed by atoms with E-state index in [1.807, 2.05) is 65.1 Å². The largest absolute Gasteiger partial charge is 0.673 e. The van der Waals surface area contributed by atoms with E-state index in [1.54, 1.807) is 0 Å². The van der Waals surface area contributed by atoms with E-state index >= 15 is 0 Å². The second kappa shape index (κ2) is 9.91. The zero-order chi connectivity index (χ0) is 20.6. The first-order chi connectivity index (χ1) is 13.3. The number of nitrogens with zero attached hydrogens (tertiary/aromatic N) is 3. The van der Waals surface area contributed by atoms with Crippen LogP contribution in [0.5, 0.6) is 5.75 Å². The summed E-state index contributed by atoms with van der Waals surface area (Å²) in [4.78, 5) is 0. The van der Waals surface area contributed by atoms with Crippen molar-refractivity contribution in [1.82, 2.24) is 9.90 Å². The van der Waals surface area contributed by atoms with Gasteiger partial charge in [0, 0.05) is 5.56 Å². The summed E-state index contributed by atoms with van der Waals surface area (Å²) in [5, 5.41) is 4.55. The van der Waals surface area contributed by atoms with Crippen LogP contribution in [0.25, 0.3) is 16.9 Å². The van der Waals surface area contributed by atoms with Gasteiger partial charge in [0.25, 0.3) is 0 Å². The van der Waals surface area contributed by atoms with E-state index in [0.717, 1.165) is 42.1 Å². The van der Waals surface area contributed by atoms with Gasteiger partial charge in [0.05, 0.1) is 11.8 Å². The molecule has 0 saturated carbocycles. The maximum atomic E-state index is 9.75. The molecule has 1 heterocycles. The van der Waals surface area contributed by atoms with Crippen LogP contribution in [0.4, 0.5) is 17.3 Å². The Morgan fingerprint density at radius 1 is 1.00 bits per heavy atom. The van der Waals surface area contributed by atoms with Crippen LogP contribution in [-0.2, 0) is 7.05 Å². The van der Waals surface area contributed by atoms with Gasteiger partial charge >= 0.3 is 7.25 Å². The first-order valence-corrected chi connectivity index (χ1v) is 8.90. The Morgan fingerprint density at radius 2 is 1.61 bits per heavy atom. The molecule has 0 saturated heterocycles. The van der Waals surface area contributed by atoms with Gasteiger partial charge in [0.15, 0.2) is 17.6 Å². The molecule has 0 aliphatic carbocycles. The van der Waals surface area contributed by atoms with Crippen LogP contribution in [-0.4, -0.2) is 23.8 Å². The highest BCUT2D eigenvalue weighted by atomic mass is 19.5. The van der Waals surface area contributed by atoms with E-state index in [9.17, 15) is 17.3 Å². The lowest BCUT2D eigenvalue weighted by Crippen LogP contribution is -2.33. The molecular weight excluding hydrogens is 373 g/mol. The third-order valence-corrected chi connectivity index (χ3v) is 3.76. The van der Waals surface area contributed by atoms with Crippen LogP contribution in [0.2, 0.25) is 0 Å². The van der Waals surface area contributed by atoms with Gasteiger partial charge in [-0.2, -0.15) is 0 Å². The number of hydrogen-bond acceptors (Lipinski definition) is 2. The minimum absolute atomic E-state index is 0.769. The van der Waals surface area contributed by atoms with E-state index in [-0.39, 0.29) is 0 Å². The molecule has 4 nitrogen and oxygen atoms in total. The Labute approximate surface area is 161 Å². The van der Waals surface area contributed by atoms with Crippen molar-refractivity contribution >= 4 is 7.25 Å². The van der Waals surface area contributed by atoms with Gasteiger partial charge in [-0.25, -0.2) is 0 Å². The lowest BCUT2D eigenvalue weighted by molar-refractivity contribution is -0.721. The maximum absolute atomic E-state index is 9.75. The summed E-state index contributed by atoms with van der Waals surface area (Å²) in [6, 6.07) is 18.3. The molecule has 0 N–H and O–H groups in total. The fourth-order valence-electron chi connectivity index (χ4n) is 2.44. The van der Waals surface area contributed by atoms with Gasteiger partial charge < -0.3 is 22.0 Å². The predicted octanol–water partition coefficient (Wildman–Crippen LogP) is 4.84. The average Bonchev–Trinajstić information content (AvgIpc) is 3.04. The van der Waals surface area contributed by atoms with Crippen molar-refractivity contribution < 1.29 is 26.7 Å². The molecule has 9 heteroatoms. The number of unbranched alkanes of at least 4 members (excludes halogenated alkanes) is 1. The van der Waals surface area contributed by atoms with Gasteiger partial charge in [-0.3, -0.25) is 0 Å². The topological polar surface area (TPSA) is 30.9 Å². The number of aryl methyl sites for hydroxylation is 1. The Balaban J connectivity index is 0.000000500. The lowest BCUT2D eigenvalue weighted by Gasteiger charge is -2.04. The molecule has 2 aromatic carbocycles. The van der Waals surface area contributed by atoms with E-state index < -0.39 is 7.25 Å². The summed E-state index contributed by atoms with van der Waals surface area (Å²) in [6.07, 6.45) is 4.27. The van der Waals surface area contributed by atoms with Crippen molar-refractivity contribution in [3.8, 4) is 22.7 Å². The molecule has 3 rings (SSSR count). The smallest absolute Gasteiger partial charge is 0.494 e. The van der Waals surface area contributed by atoms with Crippen LogP contribution < -0.4 is 9.42 Å². The summed E-state index contributed by atoms with van der Waals surface area (Å²) in [6.45, 7) is 2.93. The van der Waals surface area contributed by atoms with E-state index in [2.05, 4.69) is 24.3 Å². The van der Waals surface area contributed by atoms with Crippen LogP contribution in [0.1, 0.15) is 19.8 Å². The SMILES string of the molecule is CCCCOc1ccc(-n2cc(-c3ccccc3)[n+](C)n2)cc1.F[B-](F)(F)F. The Kier molecular flexibility index (Phi) is 7.60. The van der Waals surface area contributed by atoms with Gasteiger partial charge in [-0.15, -0.1) is 9.36 Å². The Morgan fingerprint density at radius 3 is 2.18 bits per heavy atom. The maximum Gasteiger partial charge on any atom is 0.673 e. The van der Waals surface area contributed by atoms with Crippen molar-refractivity contribution in [2.45, 2.75) is 19.8 Å². The Hall–Kier alpha value is -2.84. The normalized spacial score (nSPS) is 10.9. The summed E-state index contributed by atoms with van der Waals surface area (Å²) >= 11 is 0. The molecule has 0 radical (unpaired) electrons. The van der Waals surface area contributed by atoms with E-state index in [4.69, 9.17) is 4.74 Å². The molecule has 0 aliphatic rings. The van der Waals surface area contributed by atoms with Gasteiger partial charge in [-0.05, 0) is 30.7 Å². The summed E-state index contributed by atoms with van der Waals surface area (Å²) < 4.78 is 48.5. The average molecular weight is 395 g/mol. The van der Waals surface area contributed by atoms with Crippen molar-refractivity contribution in [2.75, 3.05) is 6.61 Å². The molecule has 0 bridgehead atoms. The minimum Gasteiger partial charge on any atom is -0.494 e. The minimum atomic E-state index is -6.00. The summed E-state index contributed by atoms with van der Waals surface area (Å²) in [5.41, 5.74) is 3.25. The predicted molar refractivity (Wildman–Crippen MR) is 101 cm³/mol. The highest BCUT2D eigenvalue weighted by Crippen LogP contribution is 2.18. The number of hydrogen-bond donors (Lipinski definition) is 0. The summed E-state index contributed by atoms with van der Waals surface area (Å²) in [7, 11) is -4.04. The molecule has 150 valence electrons. The molecule has 0 atom stereocenters. The quantitative estimate of drug-likeness (QED) is 0.259. The number of benzene rings is 2. The standard InChI is InChI=1S/C19H22N3O.BF4/c1-3-4-14-23-18-12-10-17(11-13-18)22-15-19(21(2)20-22)16-8-6-5-7-9-16;2-1(3,4)5/h5-13,15H,3-4,14H2,1-2H3;/q+1;-1. The molecule has 1 aromatic heterocycles. The monoisotopic (exact) mass is 395 g/mol. The molecule has 28 heavy (non-hydrogen) atoms. The first kappa shape index (κ1) is 21.5. The number of ether oxygens (including phenoxy) is 1. The van der Waals surface area contributed by atoms with Gasteiger partial charge in [-0.1, -0.05) is 43.7 Å². The van der Waals surface area contributed by atoms with Crippen LogP contribution in [0.3, 0.4) is 0 Å². The fraction of sp³-hybridized carbons (Fsp3) is 0.263. The zero-order valence-corrected chi connectivity index (χ0v) is 15.7. The van der Waals surface area contributed by atoms with E-state index in [1.165, 1.54) is 0 Å². The zero-order valence-electron chi connectivity index (χ0n) is 15.7. The van der Waals surface area contributed by atoms with Crippen LogP contribution in [0, 0.1) is 0 Å². The fourth-order valence-corrected chi connectivity index (χ4v) is 2.44. The Bertz CT molecular complexity index is 846. The van der Waals surface area contributed by atoms with Crippen molar-refractivity contribution in [2.24, 2.45) is 7.05 Å². The molecule has 3 aromatic rings. The van der Waals surface area contributed by atoms with E-state index in [0.29, 0.717) is 0 Å². The van der Waals surface area contributed by atoms with Crippen molar-refractivity contribution in [3.63, 3.8) is 0 Å². The number of aromatic nitrogens is 3. The highest BCUT2D eigenvalue weighted by molar-refractivity contribution is 6.50. The summed E-state index contributed by atoms with van der Waals surface area (Å²) in [5.74, 6) is 0.905. The second-order valence-electron chi connectivity index (χ2n) is 6.03. The second-order valence-corrected chi connectivity index (χ2v) is 6.03. The molecule has 0 unspecified atom stereocenters. The molecular formula is C19H22BF4N3O. The van der Waals surface area contributed by atoms with Gasteiger partial charge in [0.2, 0.25) is 0 Å². The molecule has 0 aliphatic heterocycles. The molecule has 0 fully saturated rings.